The molecule has 1 unspecified atom stereocenters. The molecule has 104 valence electrons. The Morgan fingerprint density at radius 3 is 2.78 bits per heavy atom. The first-order valence-electron chi connectivity index (χ1n) is 6.22. The van der Waals surface area contributed by atoms with E-state index in [0.29, 0.717) is 6.54 Å². The second kappa shape index (κ2) is 5.75. The van der Waals surface area contributed by atoms with Gasteiger partial charge < -0.3 is 25.4 Å². The van der Waals surface area contributed by atoms with Crippen molar-refractivity contribution in [3.63, 3.8) is 0 Å². The Hall–Kier alpha value is -0.340. The molecule has 0 bridgehead atoms. The number of nitrogens with zero attached hydrogens (tertiary/aromatic N) is 1. The van der Waals surface area contributed by atoms with E-state index < -0.39 is 24.4 Å². The average molecular weight is 276 g/mol. The predicted octanol–water partition coefficient (Wildman–Crippen LogP) is -0.715. The summed E-state index contributed by atoms with van der Waals surface area (Å²) in [5.74, 6) is 0. The van der Waals surface area contributed by atoms with Crippen LogP contribution in [0.1, 0.15) is 20.3 Å². The van der Waals surface area contributed by atoms with E-state index in [-0.39, 0.29) is 11.5 Å². The van der Waals surface area contributed by atoms with Crippen molar-refractivity contribution >= 4 is 16.9 Å². The van der Waals surface area contributed by atoms with Crippen molar-refractivity contribution < 1.29 is 20.1 Å². The Kier molecular flexibility index (Phi) is 4.50. The third-order valence-corrected chi connectivity index (χ3v) is 4.22. The second-order valence-corrected chi connectivity index (χ2v) is 5.75. The molecule has 0 spiro atoms. The molecule has 0 aliphatic carbocycles. The summed E-state index contributed by atoms with van der Waals surface area (Å²) in [7, 11) is 0. The summed E-state index contributed by atoms with van der Waals surface area (Å²) < 4.78 is 5.62. The van der Waals surface area contributed by atoms with Gasteiger partial charge in [-0.3, -0.25) is 4.99 Å². The van der Waals surface area contributed by atoms with Crippen LogP contribution in [0.3, 0.4) is 0 Å². The minimum atomic E-state index is -1.09. The summed E-state index contributed by atoms with van der Waals surface area (Å²) >= 11 is 1.40. The minimum Gasteiger partial charge on any atom is -0.391 e. The maximum atomic E-state index is 10.0. The lowest BCUT2D eigenvalue weighted by Crippen LogP contribution is -2.61. The normalized spacial score (nSPS) is 43.6. The summed E-state index contributed by atoms with van der Waals surface area (Å²) in [5, 5.41) is 33.3. The summed E-state index contributed by atoms with van der Waals surface area (Å²) in [4.78, 5) is 4.33. The van der Waals surface area contributed by atoms with Gasteiger partial charge in [-0.1, -0.05) is 18.7 Å². The molecule has 18 heavy (non-hydrogen) atoms. The molecule has 0 aromatic carbocycles. The third kappa shape index (κ3) is 2.65. The van der Waals surface area contributed by atoms with Crippen LogP contribution in [0.2, 0.25) is 0 Å². The fourth-order valence-corrected chi connectivity index (χ4v) is 3.27. The van der Waals surface area contributed by atoms with E-state index in [1.807, 2.05) is 6.92 Å². The number of rotatable bonds is 3. The first kappa shape index (κ1) is 14.1. The zero-order valence-corrected chi connectivity index (χ0v) is 11.3. The van der Waals surface area contributed by atoms with Gasteiger partial charge >= 0.3 is 0 Å². The molecule has 0 saturated carbocycles. The standard InChI is InChI=1S/C11H20N2O4S/c1-3-4-12-11-13-6-7(15)8(16)9(5(2)14)17-10(6)18-11/h5-10,14-16H,3-4H2,1-2H3,(H,12,13)/t5-,6+,7+,8-,9?,10+/m0/s1. The quantitative estimate of drug-likeness (QED) is 0.544. The number of fused-ring (bicyclic) bond motifs is 1. The van der Waals surface area contributed by atoms with Crippen molar-refractivity contribution in [2.45, 2.75) is 56.2 Å². The number of hydrogen-bond acceptors (Lipinski definition) is 6. The largest absolute Gasteiger partial charge is 0.391 e. The number of ether oxygens (including phenoxy) is 1. The van der Waals surface area contributed by atoms with Gasteiger partial charge in [0.25, 0.3) is 0 Å². The van der Waals surface area contributed by atoms with E-state index in [2.05, 4.69) is 10.3 Å². The van der Waals surface area contributed by atoms with E-state index in [1.165, 1.54) is 11.8 Å². The van der Waals surface area contributed by atoms with Crippen molar-refractivity contribution in [3.8, 4) is 0 Å². The van der Waals surface area contributed by atoms with Gasteiger partial charge in [0.05, 0.1) is 12.1 Å². The number of nitrogens with one attached hydrogen (secondary N) is 1. The summed E-state index contributed by atoms with van der Waals surface area (Å²) in [6, 6.07) is -0.379. The highest BCUT2D eigenvalue weighted by Crippen LogP contribution is 2.34. The fourth-order valence-electron chi connectivity index (χ4n) is 2.12. The van der Waals surface area contributed by atoms with Gasteiger partial charge in [-0.2, -0.15) is 0 Å². The zero-order valence-electron chi connectivity index (χ0n) is 10.5. The Morgan fingerprint density at radius 1 is 1.44 bits per heavy atom. The smallest absolute Gasteiger partial charge is 0.159 e. The van der Waals surface area contributed by atoms with Gasteiger partial charge in [-0.15, -0.1) is 0 Å². The maximum Gasteiger partial charge on any atom is 0.159 e. The van der Waals surface area contributed by atoms with Crippen LogP contribution in [0, 0.1) is 0 Å². The van der Waals surface area contributed by atoms with Crippen molar-refractivity contribution in [2.75, 3.05) is 6.54 Å². The molecule has 2 fully saturated rings. The van der Waals surface area contributed by atoms with Gasteiger partial charge in [0.1, 0.15) is 23.7 Å². The van der Waals surface area contributed by atoms with E-state index >= 15 is 0 Å². The van der Waals surface area contributed by atoms with Crippen molar-refractivity contribution in [1.82, 2.24) is 5.32 Å². The highest BCUT2D eigenvalue weighted by molar-refractivity contribution is 8.14. The highest BCUT2D eigenvalue weighted by Gasteiger charge is 2.50. The molecule has 6 atom stereocenters. The van der Waals surface area contributed by atoms with Gasteiger partial charge in [0, 0.05) is 6.54 Å². The number of thioether (sulfide) groups is 1. The predicted molar refractivity (Wildman–Crippen MR) is 69.5 cm³/mol. The molecule has 7 heteroatoms. The molecule has 0 aromatic heterocycles. The van der Waals surface area contributed by atoms with E-state index in [4.69, 9.17) is 4.74 Å². The molecule has 2 aliphatic heterocycles. The molecular formula is C11H20N2O4S. The van der Waals surface area contributed by atoms with Crippen molar-refractivity contribution in [1.29, 1.82) is 0 Å². The number of hydrogen-bond donors (Lipinski definition) is 4. The fraction of sp³-hybridized carbons (Fsp3) is 0.909. The molecule has 6 nitrogen and oxygen atoms in total. The summed E-state index contributed by atoms with van der Waals surface area (Å²) in [6.45, 7) is 4.29. The lowest BCUT2D eigenvalue weighted by Gasteiger charge is -2.40. The van der Waals surface area contributed by atoms with Crippen molar-refractivity contribution in [2.24, 2.45) is 4.99 Å². The van der Waals surface area contributed by atoms with Crippen LogP contribution in [-0.4, -0.2) is 62.9 Å². The molecule has 2 heterocycles. The number of amidine groups is 1. The summed E-state index contributed by atoms with van der Waals surface area (Å²) in [6.07, 6.45) is -2.70. The van der Waals surface area contributed by atoms with Crippen molar-refractivity contribution in [3.05, 3.63) is 0 Å². The van der Waals surface area contributed by atoms with Crippen LogP contribution in [0.25, 0.3) is 0 Å². The van der Waals surface area contributed by atoms with E-state index in [9.17, 15) is 15.3 Å². The molecule has 0 radical (unpaired) electrons. The molecule has 4 N–H and O–H groups in total. The van der Waals surface area contributed by atoms with Gasteiger partial charge in [-0.05, 0) is 13.3 Å². The lowest BCUT2D eigenvalue weighted by atomic mass is 9.95. The van der Waals surface area contributed by atoms with Crippen LogP contribution in [0.5, 0.6) is 0 Å². The van der Waals surface area contributed by atoms with Crippen LogP contribution < -0.4 is 5.32 Å². The van der Waals surface area contributed by atoms with Gasteiger partial charge in [0.2, 0.25) is 0 Å². The first-order chi connectivity index (χ1) is 8.54. The first-order valence-corrected chi connectivity index (χ1v) is 7.10. The molecule has 0 aromatic rings. The molecular weight excluding hydrogens is 256 g/mol. The molecule has 2 aliphatic rings. The van der Waals surface area contributed by atoms with Gasteiger partial charge in [-0.25, -0.2) is 0 Å². The molecule has 2 rings (SSSR count). The Balaban J connectivity index is 2.07. The number of aliphatic hydroxyl groups excluding tert-OH is 3. The highest BCUT2D eigenvalue weighted by atomic mass is 32.2. The Morgan fingerprint density at radius 2 is 2.17 bits per heavy atom. The second-order valence-electron chi connectivity index (χ2n) is 4.67. The monoisotopic (exact) mass is 276 g/mol. The molecule has 0 amide bonds. The average Bonchev–Trinajstić information content (AvgIpc) is 2.74. The number of aliphatic hydroxyl groups is 3. The van der Waals surface area contributed by atoms with Crippen LogP contribution in [0.4, 0.5) is 0 Å². The van der Waals surface area contributed by atoms with Crippen LogP contribution >= 0.6 is 11.8 Å². The van der Waals surface area contributed by atoms with E-state index in [1.54, 1.807) is 6.92 Å². The Labute approximate surface area is 110 Å². The zero-order chi connectivity index (χ0) is 13.3. The lowest BCUT2D eigenvalue weighted by molar-refractivity contribution is -0.184. The van der Waals surface area contributed by atoms with Gasteiger partial charge in [0.15, 0.2) is 5.17 Å². The SMILES string of the molecule is CCCN=C1N[C@@H]2[C@@H](O)[C@H](O)C([C@H](C)O)O[C@@H]2S1. The maximum absolute atomic E-state index is 10.0. The van der Waals surface area contributed by atoms with Crippen LogP contribution in [0.15, 0.2) is 4.99 Å². The third-order valence-electron chi connectivity index (χ3n) is 3.11. The Bertz CT molecular complexity index is 326. The van der Waals surface area contributed by atoms with Crippen LogP contribution in [-0.2, 0) is 4.74 Å². The molecule has 2 saturated heterocycles. The van der Waals surface area contributed by atoms with E-state index in [0.717, 1.165) is 11.6 Å². The summed E-state index contributed by atoms with van der Waals surface area (Å²) in [5.41, 5.74) is -0.321. The topological polar surface area (TPSA) is 94.3 Å². The minimum absolute atomic E-state index is 0.321. The number of aliphatic imine (C=N–C) groups is 1.